The third kappa shape index (κ3) is 4.68. The average Bonchev–Trinajstić information content (AvgIpc) is 2.04. The van der Waals surface area contributed by atoms with E-state index >= 15 is 0 Å². The van der Waals surface area contributed by atoms with Crippen molar-refractivity contribution < 1.29 is 19.1 Å². The maximum Gasteiger partial charge on any atom is 0.0772 e. The Morgan fingerprint density at radius 1 is 1.15 bits per heavy atom. The largest absolute Gasteiger partial charge is 0.670 e. The van der Waals surface area contributed by atoms with Crippen LogP contribution in [-0.4, -0.2) is 25.7 Å². The van der Waals surface area contributed by atoms with Crippen LogP contribution in [0, 0.1) is 5.92 Å². The van der Waals surface area contributed by atoms with Crippen LogP contribution in [-0.2, 0) is 14.2 Å². The van der Waals surface area contributed by atoms with Gasteiger partial charge < -0.3 is 10.6 Å². The number of fused-ring (bicyclic) bond motifs is 3. The fourth-order valence-electron chi connectivity index (χ4n) is 2.13. The summed E-state index contributed by atoms with van der Waals surface area (Å²) in [6.07, 6.45) is 2.65. The molecule has 2 bridgehead atoms. The van der Waals surface area contributed by atoms with E-state index in [0.717, 1.165) is 12.5 Å². The molecule has 3 fully saturated rings. The van der Waals surface area contributed by atoms with E-state index in [1.54, 1.807) is 4.90 Å². The van der Waals surface area contributed by atoms with E-state index in [1.807, 2.05) is 0 Å². The molecule has 3 aliphatic heterocycles. The third-order valence-corrected chi connectivity index (χ3v) is 2.81. The molecule has 83 valence electrons. The van der Waals surface area contributed by atoms with Crippen LogP contribution in [0.15, 0.2) is 0 Å². The summed E-state index contributed by atoms with van der Waals surface area (Å²) < 4.78 is 0. The van der Waals surface area contributed by atoms with Gasteiger partial charge in [0.2, 0.25) is 0 Å². The molecular weight excluding hydrogens is 414 g/mol. The third-order valence-electron chi connectivity index (χ3n) is 2.81. The van der Waals surface area contributed by atoms with Crippen molar-refractivity contribution in [1.82, 2.24) is 0 Å². The van der Waals surface area contributed by atoms with Crippen LogP contribution in [0.1, 0.15) is 12.8 Å². The predicted molar refractivity (Wildman–Crippen MR) is 54.0 cm³/mol. The second kappa shape index (κ2) is 6.15. The zero-order chi connectivity index (χ0) is 9.84. The van der Waals surface area contributed by atoms with Crippen molar-refractivity contribution in [3.05, 3.63) is 5.73 Å². The summed E-state index contributed by atoms with van der Waals surface area (Å²) >= 11 is -1.85. The SMILES string of the molecule is [Cl][Pt]([Cl])[Cl].[NH-]C1C[NH+]2CCC1CC2. The minimum atomic E-state index is -1.85. The molecule has 0 aromatic rings. The number of nitrogens with one attached hydrogen (secondary N) is 2. The second-order valence-corrected chi connectivity index (χ2v) is 13.4. The summed E-state index contributed by atoms with van der Waals surface area (Å²) in [5, 5.41) is 0. The fourth-order valence-corrected chi connectivity index (χ4v) is 2.13. The van der Waals surface area contributed by atoms with Crippen molar-refractivity contribution in [2.45, 2.75) is 18.9 Å². The molecule has 0 aromatic heterocycles. The monoisotopic (exact) mass is 426 g/mol. The van der Waals surface area contributed by atoms with E-state index in [1.165, 1.54) is 25.9 Å². The molecule has 3 rings (SSSR count). The van der Waals surface area contributed by atoms with Crippen molar-refractivity contribution in [2.75, 3.05) is 19.6 Å². The normalized spacial score (nSPS) is 37.8. The molecule has 0 radical (unpaired) electrons. The Kier molecular flexibility index (Phi) is 5.93. The smallest absolute Gasteiger partial charge is 0.0772 e. The molecule has 1 atom stereocenters. The number of rotatable bonds is 0. The Morgan fingerprint density at radius 3 is 1.77 bits per heavy atom. The van der Waals surface area contributed by atoms with Gasteiger partial charge in [0.1, 0.15) is 0 Å². The molecular formula is C7H14Cl3N2Pt. The maximum atomic E-state index is 7.64. The van der Waals surface area contributed by atoms with Gasteiger partial charge in [0.05, 0.1) is 19.6 Å². The van der Waals surface area contributed by atoms with Crippen LogP contribution in [0.4, 0.5) is 0 Å². The van der Waals surface area contributed by atoms with Gasteiger partial charge in [-0.2, -0.15) is 0 Å². The van der Waals surface area contributed by atoms with Gasteiger partial charge in [0, 0.05) is 0 Å². The van der Waals surface area contributed by atoms with Gasteiger partial charge in [-0.15, -0.1) is 0 Å². The summed E-state index contributed by atoms with van der Waals surface area (Å²) in [4.78, 5) is 1.68. The molecule has 6 heteroatoms. The zero-order valence-corrected chi connectivity index (χ0v) is 11.7. The first kappa shape index (κ1) is 12.5. The van der Waals surface area contributed by atoms with E-state index in [0.29, 0.717) is 0 Å². The molecule has 13 heavy (non-hydrogen) atoms. The summed E-state index contributed by atoms with van der Waals surface area (Å²) in [6.45, 7) is 3.82. The first-order valence-corrected chi connectivity index (χ1v) is 12.7. The van der Waals surface area contributed by atoms with Gasteiger partial charge in [-0.3, -0.25) is 0 Å². The summed E-state index contributed by atoms with van der Waals surface area (Å²) in [7, 11) is 14.9. The molecule has 3 saturated heterocycles. The van der Waals surface area contributed by atoms with Gasteiger partial charge in [0.25, 0.3) is 0 Å². The Labute approximate surface area is 97.0 Å². The molecule has 0 aliphatic carbocycles. The number of quaternary nitrogens is 1. The Hall–Kier alpha value is 1.48. The van der Waals surface area contributed by atoms with Gasteiger partial charge in [0.15, 0.2) is 0 Å². The first-order chi connectivity index (χ1) is 6.09. The van der Waals surface area contributed by atoms with E-state index in [9.17, 15) is 0 Å². The molecule has 0 spiro atoms. The van der Waals surface area contributed by atoms with Crippen molar-refractivity contribution >= 4 is 28.3 Å². The number of halogens is 3. The van der Waals surface area contributed by atoms with Crippen LogP contribution in [0.25, 0.3) is 5.73 Å². The van der Waals surface area contributed by atoms with Crippen LogP contribution < -0.4 is 4.90 Å². The predicted octanol–water partition coefficient (Wildman–Crippen LogP) is 1.78. The topological polar surface area (TPSA) is 28.2 Å². The van der Waals surface area contributed by atoms with E-state index in [4.69, 9.17) is 34.0 Å². The molecule has 0 saturated carbocycles. The van der Waals surface area contributed by atoms with Gasteiger partial charge in [-0.1, -0.05) is 6.04 Å². The van der Waals surface area contributed by atoms with Crippen LogP contribution in [0.5, 0.6) is 0 Å². The Morgan fingerprint density at radius 2 is 1.62 bits per heavy atom. The zero-order valence-electron chi connectivity index (χ0n) is 7.14. The quantitative estimate of drug-likeness (QED) is 0.611. The van der Waals surface area contributed by atoms with Gasteiger partial charge in [-0.25, -0.2) is 0 Å². The summed E-state index contributed by atoms with van der Waals surface area (Å²) in [5.41, 5.74) is 7.64. The molecule has 3 aliphatic rings. The van der Waals surface area contributed by atoms with Crippen LogP contribution in [0.2, 0.25) is 0 Å². The molecule has 2 nitrogen and oxygen atoms in total. The Bertz CT molecular complexity index is 148. The molecule has 1 unspecified atom stereocenters. The fraction of sp³-hybridized carbons (Fsp3) is 1.00. The summed E-state index contributed by atoms with van der Waals surface area (Å²) in [5.74, 6) is 0.766. The van der Waals surface area contributed by atoms with Crippen molar-refractivity contribution in [1.29, 1.82) is 0 Å². The van der Waals surface area contributed by atoms with Crippen molar-refractivity contribution in [3.63, 3.8) is 0 Å². The minimum Gasteiger partial charge on any atom is -0.670 e. The van der Waals surface area contributed by atoms with Crippen LogP contribution >= 0.6 is 28.3 Å². The van der Waals surface area contributed by atoms with Crippen LogP contribution in [0.3, 0.4) is 0 Å². The Balaban J connectivity index is 0.000000184. The van der Waals surface area contributed by atoms with E-state index in [2.05, 4.69) is 0 Å². The minimum absolute atomic E-state index is 0.280. The standard InChI is InChI=1S/C7H13N2.3ClH.Pt/c8-7-5-9-3-1-6(7)2-4-9;;;;/h6-8H,1-5H2;3*1H;/q-1;;;;+3/p-2. The second-order valence-electron chi connectivity index (χ2n) is 3.53. The first-order valence-electron chi connectivity index (χ1n) is 4.27. The number of piperidine rings is 3. The van der Waals surface area contributed by atoms with Crippen molar-refractivity contribution in [3.8, 4) is 0 Å². The molecule has 2 N–H and O–H groups in total. The van der Waals surface area contributed by atoms with E-state index < -0.39 is 14.2 Å². The maximum absolute atomic E-state index is 7.64. The number of hydrogen-bond acceptors (Lipinski definition) is 0. The molecule has 3 heterocycles. The summed E-state index contributed by atoms with van der Waals surface area (Å²) in [6, 6.07) is 0.280. The average molecular weight is 428 g/mol. The van der Waals surface area contributed by atoms with Gasteiger partial charge >= 0.3 is 42.4 Å². The van der Waals surface area contributed by atoms with Crippen molar-refractivity contribution in [2.24, 2.45) is 5.92 Å². The molecule has 0 amide bonds. The number of hydrogen-bond donors (Lipinski definition) is 1. The van der Waals surface area contributed by atoms with Gasteiger partial charge in [-0.05, 0) is 18.8 Å². The molecule has 0 aromatic carbocycles. The van der Waals surface area contributed by atoms with E-state index in [-0.39, 0.29) is 6.04 Å².